The highest BCUT2D eigenvalue weighted by Gasteiger charge is 2.20. The van der Waals surface area contributed by atoms with Crippen molar-refractivity contribution < 1.29 is 0 Å². The third-order valence-electron chi connectivity index (χ3n) is 3.84. The van der Waals surface area contributed by atoms with Crippen LogP contribution in [0.15, 0.2) is 0 Å². The summed E-state index contributed by atoms with van der Waals surface area (Å²) in [5.74, 6) is 2.21. The van der Waals surface area contributed by atoms with E-state index in [1.807, 2.05) is 0 Å². The fourth-order valence-electron chi connectivity index (χ4n) is 2.73. The van der Waals surface area contributed by atoms with Crippen molar-refractivity contribution in [3.63, 3.8) is 0 Å². The lowest BCUT2D eigenvalue weighted by Crippen LogP contribution is -2.23. The van der Waals surface area contributed by atoms with Gasteiger partial charge in [0, 0.05) is 24.4 Å². The van der Waals surface area contributed by atoms with Crippen LogP contribution in [0.2, 0.25) is 0 Å². The molecular formula is C14H21N5S. The number of nitrogens with zero attached hydrogens (tertiary/aromatic N) is 4. The first-order valence-electron chi connectivity index (χ1n) is 7.23. The average Bonchev–Trinajstić information content (AvgIpc) is 2.99. The minimum absolute atomic E-state index is 0.219. The Morgan fingerprint density at radius 2 is 2.15 bits per heavy atom. The molecule has 1 aliphatic rings. The number of fused-ring (bicyclic) bond motifs is 1. The van der Waals surface area contributed by atoms with E-state index in [0.29, 0.717) is 0 Å². The highest BCUT2D eigenvalue weighted by molar-refractivity contribution is 7.11. The molecule has 20 heavy (non-hydrogen) atoms. The Kier molecular flexibility index (Phi) is 3.85. The zero-order valence-corrected chi connectivity index (χ0v) is 13.1. The molecule has 0 saturated carbocycles. The summed E-state index contributed by atoms with van der Waals surface area (Å²) in [7, 11) is 0. The fraction of sp³-hybridized carbons (Fsp3) is 0.643. The molecule has 0 bridgehead atoms. The fourth-order valence-corrected chi connectivity index (χ4v) is 3.61. The summed E-state index contributed by atoms with van der Waals surface area (Å²) in [5.41, 5.74) is 1.13. The Morgan fingerprint density at radius 3 is 2.90 bits per heavy atom. The Balaban J connectivity index is 1.69. The molecule has 0 aromatic carbocycles. The van der Waals surface area contributed by atoms with Gasteiger partial charge in [-0.25, -0.2) is 4.98 Å². The van der Waals surface area contributed by atoms with Crippen molar-refractivity contribution in [2.24, 2.45) is 0 Å². The molecule has 2 aromatic rings. The number of thiazole rings is 1. The average molecular weight is 291 g/mol. The van der Waals surface area contributed by atoms with Crippen molar-refractivity contribution >= 4 is 11.3 Å². The lowest BCUT2D eigenvalue weighted by molar-refractivity contribution is 0.466. The van der Waals surface area contributed by atoms with E-state index < -0.39 is 0 Å². The van der Waals surface area contributed by atoms with Crippen LogP contribution < -0.4 is 5.32 Å². The van der Waals surface area contributed by atoms with Gasteiger partial charge >= 0.3 is 0 Å². The van der Waals surface area contributed by atoms with Crippen LogP contribution >= 0.6 is 11.3 Å². The van der Waals surface area contributed by atoms with Gasteiger partial charge in [0.25, 0.3) is 0 Å². The zero-order valence-electron chi connectivity index (χ0n) is 12.3. The van der Waals surface area contributed by atoms with Gasteiger partial charge in [-0.2, -0.15) is 0 Å². The predicted octanol–water partition coefficient (Wildman–Crippen LogP) is 2.54. The van der Waals surface area contributed by atoms with E-state index in [1.165, 1.54) is 17.7 Å². The molecule has 0 radical (unpaired) electrons. The van der Waals surface area contributed by atoms with Gasteiger partial charge in [0.05, 0.1) is 16.7 Å². The third kappa shape index (κ3) is 2.62. The molecule has 2 aromatic heterocycles. The molecule has 0 saturated heterocycles. The second-order valence-electron chi connectivity index (χ2n) is 5.43. The first kappa shape index (κ1) is 13.7. The molecule has 0 spiro atoms. The quantitative estimate of drug-likeness (QED) is 0.940. The van der Waals surface area contributed by atoms with Crippen molar-refractivity contribution in [1.82, 2.24) is 25.1 Å². The third-order valence-corrected chi connectivity index (χ3v) is 4.92. The van der Waals surface area contributed by atoms with Crippen molar-refractivity contribution in [3.05, 3.63) is 27.2 Å². The summed E-state index contributed by atoms with van der Waals surface area (Å²) in [4.78, 5) is 5.78. The minimum Gasteiger partial charge on any atom is -0.314 e. The van der Waals surface area contributed by atoms with Crippen molar-refractivity contribution in [1.29, 1.82) is 0 Å². The second kappa shape index (κ2) is 5.61. The second-order valence-corrected chi connectivity index (χ2v) is 6.71. The molecule has 1 N–H and O–H groups in total. The smallest absolute Gasteiger partial charge is 0.149 e. The van der Waals surface area contributed by atoms with E-state index in [4.69, 9.17) is 0 Å². The first-order chi connectivity index (χ1) is 9.65. The zero-order chi connectivity index (χ0) is 14.1. The molecule has 0 amide bonds. The summed E-state index contributed by atoms with van der Waals surface area (Å²) in [6, 6.07) is 0.219. The topological polar surface area (TPSA) is 55.6 Å². The molecule has 0 aliphatic carbocycles. The van der Waals surface area contributed by atoms with Gasteiger partial charge in [0.2, 0.25) is 0 Å². The summed E-state index contributed by atoms with van der Waals surface area (Å²) in [5, 5.41) is 13.4. The standard InChI is InChI=1S/C14H21N5S/c1-9-12(20-11(3)16-9)8-15-10(2)14-18-17-13-6-4-5-7-19(13)14/h10,15H,4-8H2,1-3H3. The van der Waals surface area contributed by atoms with Gasteiger partial charge in [0.15, 0.2) is 0 Å². The van der Waals surface area contributed by atoms with E-state index in [9.17, 15) is 0 Å². The van der Waals surface area contributed by atoms with E-state index in [1.54, 1.807) is 11.3 Å². The van der Waals surface area contributed by atoms with Crippen molar-refractivity contribution in [3.8, 4) is 0 Å². The van der Waals surface area contributed by atoms with Gasteiger partial charge < -0.3 is 9.88 Å². The molecule has 108 valence electrons. The maximum atomic E-state index is 4.47. The minimum atomic E-state index is 0.219. The van der Waals surface area contributed by atoms with Crippen LogP contribution in [0, 0.1) is 13.8 Å². The normalized spacial score (nSPS) is 16.1. The number of nitrogens with one attached hydrogen (secondary N) is 1. The van der Waals surface area contributed by atoms with Crippen molar-refractivity contribution in [2.75, 3.05) is 0 Å². The number of rotatable bonds is 4. The SMILES string of the molecule is Cc1nc(C)c(CNC(C)c2nnc3n2CCCC3)s1. The highest BCUT2D eigenvalue weighted by Crippen LogP contribution is 2.21. The number of aryl methyl sites for hydroxylation is 3. The molecule has 6 heteroatoms. The van der Waals surface area contributed by atoms with E-state index in [2.05, 4.69) is 45.8 Å². The molecule has 3 heterocycles. The first-order valence-corrected chi connectivity index (χ1v) is 8.05. The molecule has 1 aliphatic heterocycles. The predicted molar refractivity (Wildman–Crippen MR) is 79.8 cm³/mol. The highest BCUT2D eigenvalue weighted by atomic mass is 32.1. The molecule has 1 unspecified atom stereocenters. The Bertz CT molecular complexity index is 601. The van der Waals surface area contributed by atoms with Gasteiger partial charge in [-0.15, -0.1) is 21.5 Å². The lowest BCUT2D eigenvalue weighted by atomic mass is 10.1. The van der Waals surface area contributed by atoms with Crippen LogP contribution in [0.3, 0.4) is 0 Å². The van der Waals surface area contributed by atoms with E-state index in [-0.39, 0.29) is 6.04 Å². The maximum absolute atomic E-state index is 4.47. The van der Waals surface area contributed by atoms with E-state index in [0.717, 1.165) is 41.9 Å². The molecular weight excluding hydrogens is 270 g/mol. The van der Waals surface area contributed by atoms with Gasteiger partial charge in [-0.1, -0.05) is 0 Å². The summed E-state index contributed by atoms with van der Waals surface area (Å²) < 4.78 is 2.28. The summed E-state index contributed by atoms with van der Waals surface area (Å²) in [6.45, 7) is 8.20. The number of hydrogen-bond acceptors (Lipinski definition) is 5. The summed E-state index contributed by atoms with van der Waals surface area (Å²) >= 11 is 1.77. The van der Waals surface area contributed by atoms with Crippen LogP contribution in [-0.2, 0) is 19.5 Å². The molecule has 3 rings (SSSR count). The Morgan fingerprint density at radius 1 is 1.30 bits per heavy atom. The van der Waals surface area contributed by atoms with E-state index >= 15 is 0 Å². The monoisotopic (exact) mass is 291 g/mol. The summed E-state index contributed by atoms with van der Waals surface area (Å²) in [6.07, 6.45) is 3.53. The molecule has 1 atom stereocenters. The van der Waals surface area contributed by atoms with Crippen LogP contribution in [0.5, 0.6) is 0 Å². The molecule has 0 fully saturated rings. The Hall–Kier alpha value is -1.27. The van der Waals surface area contributed by atoms with Gasteiger partial charge in [0.1, 0.15) is 11.6 Å². The number of aromatic nitrogens is 4. The van der Waals surface area contributed by atoms with Crippen molar-refractivity contribution in [2.45, 2.75) is 59.2 Å². The van der Waals surface area contributed by atoms with Gasteiger partial charge in [-0.3, -0.25) is 0 Å². The number of hydrogen-bond donors (Lipinski definition) is 1. The van der Waals surface area contributed by atoms with Crippen LogP contribution in [0.4, 0.5) is 0 Å². The molecule has 5 nitrogen and oxygen atoms in total. The van der Waals surface area contributed by atoms with Crippen LogP contribution in [0.25, 0.3) is 0 Å². The van der Waals surface area contributed by atoms with Crippen LogP contribution in [0.1, 0.15) is 53.0 Å². The lowest BCUT2D eigenvalue weighted by Gasteiger charge is -2.18. The van der Waals surface area contributed by atoms with Crippen LogP contribution in [-0.4, -0.2) is 19.7 Å². The van der Waals surface area contributed by atoms with Gasteiger partial charge in [-0.05, 0) is 33.6 Å². The Labute approximate surface area is 123 Å². The maximum Gasteiger partial charge on any atom is 0.149 e. The largest absolute Gasteiger partial charge is 0.314 e.